The summed E-state index contributed by atoms with van der Waals surface area (Å²) in [6.45, 7) is 1.13. The number of amides is 1. The SMILES string of the molecule is COc1ccc(S(=O)(=O)CCCC(=O)N(CCN(C)C)c2nc3ccc(OC)cc3s2)cc1. The van der Waals surface area contributed by atoms with Crippen LogP contribution in [-0.4, -0.2) is 71.4 Å². The third kappa shape index (κ3) is 6.43. The third-order valence-electron chi connectivity index (χ3n) is 5.11. The van der Waals surface area contributed by atoms with Gasteiger partial charge >= 0.3 is 0 Å². The van der Waals surface area contributed by atoms with E-state index in [1.165, 1.54) is 30.6 Å². The van der Waals surface area contributed by atoms with E-state index < -0.39 is 9.84 Å². The molecular formula is C23H29N3O5S2. The number of aromatic nitrogens is 1. The second kappa shape index (κ2) is 11.0. The van der Waals surface area contributed by atoms with E-state index in [9.17, 15) is 13.2 Å². The van der Waals surface area contributed by atoms with Gasteiger partial charge in [0.2, 0.25) is 5.91 Å². The van der Waals surface area contributed by atoms with Crippen LogP contribution < -0.4 is 14.4 Å². The van der Waals surface area contributed by atoms with Crippen LogP contribution in [0.1, 0.15) is 12.8 Å². The van der Waals surface area contributed by atoms with E-state index in [0.29, 0.717) is 24.0 Å². The Labute approximate surface area is 198 Å². The molecule has 0 unspecified atom stereocenters. The van der Waals surface area contributed by atoms with E-state index in [1.54, 1.807) is 24.1 Å². The lowest BCUT2D eigenvalue weighted by Gasteiger charge is -2.22. The molecule has 0 bridgehead atoms. The van der Waals surface area contributed by atoms with Crippen LogP contribution in [0.15, 0.2) is 47.4 Å². The monoisotopic (exact) mass is 491 g/mol. The van der Waals surface area contributed by atoms with Crippen LogP contribution in [0.5, 0.6) is 11.5 Å². The van der Waals surface area contributed by atoms with Crippen LogP contribution in [0.2, 0.25) is 0 Å². The smallest absolute Gasteiger partial charge is 0.228 e. The van der Waals surface area contributed by atoms with Gasteiger partial charge in [-0.25, -0.2) is 13.4 Å². The second-order valence-electron chi connectivity index (χ2n) is 7.78. The predicted molar refractivity (Wildman–Crippen MR) is 131 cm³/mol. The number of anilines is 1. The average molecular weight is 492 g/mol. The highest BCUT2D eigenvalue weighted by molar-refractivity contribution is 7.91. The van der Waals surface area contributed by atoms with Crippen molar-refractivity contribution in [3.8, 4) is 11.5 Å². The fourth-order valence-electron chi connectivity index (χ4n) is 3.21. The van der Waals surface area contributed by atoms with Gasteiger partial charge in [-0.1, -0.05) is 11.3 Å². The number of thiazole rings is 1. The lowest BCUT2D eigenvalue weighted by Crippen LogP contribution is -2.36. The molecule has 0 N–H and O–H groups in total. The number of hydrogen-bond donors (Lipinski definition) is 0. The number of nitrogens with zero attached hydrogens (tertiary/aromatic N) is 3. The molecule has 0 saturated heterocycles. The highest BCUT2D eigenvalue weighted by Gasteiger charge is 2.22. The van der Waals surface area contributed by atoms with Crippen molar-refractivity contribution in [2.75, 3.05) is 52.1 Å². The number of fused-ring (bicyclic) bond motifs is 1. The van der Waals surface area contributed by atoms with E-state index in [-0.39, 0.29) is 29.4 Å². The summed E-state index contributed by atoms with van der Waals surface area (Å²) in [5.41, 5.74) is 0.792. The summed E-state index contributed by atoms with van der Waals surface area (Å²) in [6, 6.07) is 11.9. The number of benzene rings is 2. The standard InChI is InChI=1S/C23H29N3O5S2/c1-25(2)13-14-26(23-24-20-12-9-18(31-4)16-21(20)32-23)22(27)6-5-15-33(28,29)19-10-7-17(30-3)8-11-19/h7-12,16H,5-6,13-15H2,1-4H3. The van der Waals surface area contributed by atoms with Crippen molar-refractivity contribution in [3.63, 3.8) is 0 Å². The van der Waals surface area contributed by atoms with Gasteiger partial charge in [0.25, 0.3) is 0 Å². The minimum Gasteiger partial charge on any atom is -0.497 e. The number of carbonyl (C=O) groups is 1. The van der Waals surface area contributed by atoms with Gasteiger partial charge in [0, 0.05) is 19.5 Å². The minimum atomic E-state index is -3.49. The molecular weight excluding hydrogens is 462 g/mol. The van der Waals surface area contributed by atoms with Gasteiger partial charge in [0.05, 0.1) is 35.1 Å². The van der Waals surface area contributed by atoms with Crippen LogP contribution in [0.25, 0.3) is 10.2 Å². The molecule has 2 aromatic carbocycles. The molecule has 0 spiro atoms. The first-order chi connectivity index (χ1) is 15.7. The zero-order chi connectivity index (χ0) is 24.0. The van der Waals surface area contributed by atoms with Crippen molar-refractivity contribution >= 4 is 42.4 Å². The summed E-state index contributed by atoms with van der Waals surface area (Å²) in [6.07, 6.45) is 0.340. The van der Waals surface area contributed by atoms with Crippen LogP contribution in [0.4, 0.5) is 5.13 Å². The van der Waals surface area contributed by atoms with Crippen LogP contribution in [-0.2, 0) is 14.6 Å². The molecule has 3 aromatic rings. The Morgan fingerprint density at radius 1 is 1.00 bits per heavy atom. The maximum absolute atomic E-state index is 13.1. The molecule has 0 aliphatic heterocycles. The molecule has 0 aliphatic rings. The highest BCUT2D eigenvalue weighted by atomic mass is 32.2. The Hall–Kier alpha value is -2.69. The molecule has 10 heteroatoms. The molecule has 0 atom stereocenters. The van der Waals surface area contributed by atoms with Crippen molar-refractivity contribution in [2.24, 2.45) is 0 Å². The maximum atomic E-state index is 13.1. The molecule has 0 saturated carbocycles. The number of ether oxygens (including phenoxy) is 2. The van der Waals surface area contributed by atoms with Crippen LogP contribution in [0.3, 0.4) is 0 Å². The molecule has 1 amide bonds. The number of likely N-dealkylation sites (N-methyl/N-ethyl adjacent to an activating group) is 1. The van der Waals surface area contributed by atoms with Gasteiger partial charge in [-0.2, -0.15) is 0 Å². The average Bonchev–Trinajstić information content (AvgIpc) is 3.21. The van der Waals surface area contributed by atoms with Crippen molar-refractivity contribution in [3.05, 3.63) is 42.5 Å². The van der Waals surface area contributed by atoms with Crippen molar-refractivity contribution in [2.45, 2.75) is 17.7 Å². The topological polar surface area (TPSA) is 89.0 Å². The Morgan fingerprint density at radius 3 is 2.30 bits per heavy atom. The molecule has 3 rings (SSSR count). The van der Waals surface area contributed by atoms with Gasteiger partial charge < -0.3 is 14.4 Å². The van der Waals surface area contributed by atoms with E-state index in [0.717, 1.165) is 16.0 Å². The first-order valence-corrected chi connectivity index (χ1v) is 13.0. The Kier molecular flexibility index (Phi) is 8.28. The minimum absolute atomic E-state index is 0.108. The number of hydrogen-bond acceptors (Lipinski definition) is 8. The van der Waals surface area contributed by atoms with E-state index in [1.807, 2.05) is 37.2 Å². The molecule has 0 radical (unpaired) electrons. The van der Waals surface area contributed by atoms with Crippen molar-refractivity contribution < 1.29 is 22.7 Å². The van der Waals surface area contributed by atoms with Gasteiger partial charge in [0.1, 0.15) is 11.5 Å². The second-order valence-corrected chi connectivity index (χ2v) is 10.9. The number of methoxy groups -OCH3 is 2. The van der Waals surface area contributed by atoms with E-state index in [4.69, 9.17) is 9.47 Å². The Balaban J connectivity index is 1.71. The van der Waals surface area contributed by atoms with Gasteiger partial charge in [-0.3, -0.25) is 9.69 Å². The van der Waals surface area contributed by atoms with Crippen LogP contribution in [0, 0.1) is 0 Å². The highest BCUT2D eigenvalue weighted by Crippen LogP contribution is 2.32. The number of carbonyl (C=O) groups excluding carboxylic acids is 1. The summed E-state index contributed by atoms with van der Waals surface area (Å²) < 4.78 is 36.6. The molecule has 8 nitrogen and oxygen atoms in total. The maximum Gasteiger partial charge on any atom is 0.228 e. The van der Waals surface area contributed by atoms with Crippen molar-refractivity contribution in [1.29, 1.82) is 0 Å². The summed E-state index contributed by atoms with van der Waals surface area (Å²) in [5.74, 6) is 1.07. The molecule has 1 heterocycles. The first kappa shape index (κ1) is 24.9. The molecule has 0 aliphatic carbocycles. The molecule has 0 fully saturated rings. The quantitative estimate of drug-likeness (QED) is 0.406. The lowest BCUT2D eigenvalue weighted by molar-refractivity contribution is -0.118. The predicted octanol–water partition coefficient (Wildman–Crippen LogP) is 3.46. The van der Waals surface area contributed by atoms with Crippen molar-refractivity contribution in [1.82, 2.24) is 9.88 Å². The van der Waals surface area contributed by atoms with E-state index in [2.05, 4.69) is 4.98 Å². The zero-order valence-corrected chi connectivity index (χ0v) is 20.9. The van der Waals surface area contributed by atoms with Gasteiger partial charge in [-0.15, -0.1) is 0 Å². The third-order valence-corrected chi connectivity index (χ3v) is 7.97. The molecule has 178 valence electrons. The van der Waals surface area contributed by atoms with E-state index >= 15 is 0 Å². The summed E-state index contributed by atoms with van der Waals surface area (Å²) in [7, 11) is 3.52. The number of sulfone groups is 1. The molecule has 1 aromatic heterocycles. The fourth-order valence-corrected chi connectivity index (χ4v) is 5.56. The zero-order valence-electron chi connectivity index (χ0n) is 19.3. The van der Waals surface area contributed by atoms with Gasteiger partial charge in [0.15, 0.2) is 15.0 Å². The van der Waals surface area contributed by atoms with Crippen LogP contribution >= 0.6 is 11.3 Å². The molecule has 33 heavy (non-hydrogen) atoms. The fraction of sp³-hybridized carbons (Fsp3) is 0.391. The normalized spacial score (nSPS) is 11.7. The summed E-state index contributed by atoms with van der Waals surface area (Å²) in [4.78, 5) is 21.6. The first-order valence-electron chi connectivity index (χ1n) is 10.5. The van der Waals surface area contributed by atoms with Gasteiger partial charge in [-0.05, 0) is 63.0 Å². The Morgan fingerprint density at radius 2 is 1.67 bits per heavy atom. The largest absolute Gasteiger partial charge is 0.497 e. The summed E-state index contributed by atoms with van der Waals surface area (Å²) in [5, 5.41) is 0.600. The summed E-state index contributed by atoms with van der Waals surface area (Å²) >= 11 is 1.42. The number of rotatable bonds is 11. The lowest BCUT2D eigenvalue weighted by atomic mass is 10.3. The Bertz CT molecular complexity index is 1190.